The van der Waals surface area contributed by atoms with Crippen LogP contribution in [-0.2, 0) is 4.74 Å². The number of hydrogen-bond acceptors (Lipinski definition) is 5. The van der Waals surface area contributed by atoms with Crippen molar-refractivity contribution in [3.05, 3.63) is 23.8 Å². The van der Waals surface area contributed by atoms with Gasteiger partial charge in [0.2, 0.25) is 0 Å². The van der Waals surface area contributed by atoms with E-state index < -0.39 is 6.10 Å². The predicted molar refractivity (Wildman–Crippen MR) is 78.5 cm³/mol. The predicted octanol–water partition coefficient (Wildman–Crippen LogP) is 1.75. The molecule has 1 aromatic rings. The lowest BCUT2D eigenvalue weighted by atomic mass is 10.1. The van der Waals surface area contributed by atoms with Gasteiger partial charge in [-0.15, -0.1) is 0 Å². The topological polar surface area (TPSA) is 60.0 Å². The van der Waals surface area contributed by atoms with Crippen LogP contribution in [0.1, 0.15) is 25.5 Å². The minimum Gasteiger partial charge on any atom is -0.497 e. The van der Waals surface area contributed by atoms with Gasteiger partial charge in [0.15, 0.2) is 0 Å². The fourth-order valence-corrected chi connectivity index (χ4v) is 1.82. The Morgan fingerprint density at radius 2 is 1.95 bits per heavy atom. The van der Waals surface area contributed by atoms with Gasteiger partial charge < -0.3 is 24.6 Å². The molecule has 1 aromatic carbocycles. The van der Waals surface area contributed by atoms with E-state index in [4.69, 9.17) is 14.2 Å². The summed E-state index contributed by atoms with van der Waals surface area (Å²) in [5, 5.41) is 13.4. The summed E-state index contributed by atoms with van der Waals surface area (Å²) < 4.78 is 15.8. The Morgan fingerprint density at radius 1 is 1.20 bits per heavy atom. The molecule has 0 fully saturated rings. The van der Waals surface area contributed by atoms with Crippen molar-refractivity contribution < 1.29 is 19.3 Å². The number of methoxy groups -OCH3 is 2. The molecule has 0 amide bonds. The molecule has 5 nitrogen and oxygen atoms in total. The summed E-state index contributed by atoms with van der Waals surface area (Å²) in [5.74, 6) is 1.35. The molecule has 0 aliphatic rings. The van der Waals surface area contributed by atoms with Crippen LogP contribution in [0.25, 0.3) is 0 Å². The van der Waals surface area contributed by atoms with E-state index in [0.717, 1.165) is 0 Å². The van der Waals surface area contributed by atoms with Gasteiger partial charge in [0.1, 0.15) is 11.5 Å². The highest BCUT2D eigenvalue weighted by Crippen LogP contribution is 2.28. The first-order valence-corrected chi connectivity index (χ1v) is 6.80. The van der Waals surface area contributed by atoms with Crippen LogP contribution < -0.4 is 14.8 Å². The van der Waals surface area contributed by atoms with Gasteiger partial charge in [-0.25, -0.2) is 0 Å². The largest absolute Gasteiger partial charge is 0.497 e. The van der Waals surface area contributed by atoms with Gasteiger partial charge >= 0.3 is 0 Å². The second-order valence-electron chi connectivity index (χ2n) is 4.75. The molecule has 1 rings (SSSR count). The maximum Gasteiger partial charge on any atom is 0.124 e. The lowest BCUT2D eigenvalue weighted by molar-refractivity contribution is 0.0780. The van der Waals surface area contributed by atoms with Crippen molar-refractivity contribution in [3.63, 3.8) is 0 Å². The van der Waals surface area contributed by atoms with E-state index in [2.05, 4.69) is 5.32 Å². The smallest absolute Gasteiger partial charge is 0.124 e. The van der Waals surface area contributed by atoms with Crippen LogP contribution >= 0.6 is 0 Å². The van der Waals surface area contributed by atoms with E-state index in [1.807, 2.05) is 13.8 Å². The number of hydrogen-bond donors (Lipinski definition) is 2. The monoisotopic (exact) mass is 283 g/mol. The Morgan fingerprint density at radius 3 is 2.55 bits per heavy atom. The number of nitrogens with one attached hydrogen (secondary N) is 1. The number of ether oxygens (including phenoxy) is 3. The van der Waals surface area contributed by atoms with Crippen LogP contribution in [0.3, 0.4) is 0 Å². The third-order valence-corrected chi connectivity index (χ3v) is 2.86. The zero-order chi connectivity index (χ0) is 15.0. The van der Waals surface area contributed by atoms with Gasteiger partial charge in [0.25, 0.3) is 0 Å². The second-order valence-corrected chi connectivity index (χ2v) is 4.75. The van der Waals surface area contributed by atoms with E-state index in [0.29, 0.717) is 36.8 Å². The molecule has 0 aromatic heterocycles. The Kier molecular flexibility index (Phi) is 7.36. The van der Waals surface area contributed by atoms with Gasteiger partial charge in [-0.1, -0.05) is 0 Å². The van der Waals surface area contributed by atoms with Crippen molar-refractivity contribution >= 4 is 0 Å². The summed E-state index contributed by atoms with van der Waals surface area (Å²) in [6.07, 6.45) is -0.431. The molecular weight excluding hydrogens is 258 g/mol. The molecular formula is C15H25NO4. The molecule has 0 bridgehead atoms. The van der Waals surface area contributed by atoms with E-state index in [1.54, 1.807) is 32.4 Å². The molecule has 20 heavy (non-hydrogen) atoms. The summed E-state index contributed by atoms with van der Waals surface area (Å²) >= 11 is 0. The first-order chi connectivity index (χ1) is 9.58. The standard InChI is InChI=1S/C15H25NO4/c1-11(2)20-8-7-16-10-14(17)13-9-12(18-3)5-6-15(13)19-4/h5-6,9,11,14,16-17H,7-8,10H2,1-4H3. The molecule has 1 atom stereocenters. The van der Waals surface area contributed by atoms with Crippen molar-refractivity contribution in [2.45, 2.75) is 26.1 Å². The van der Waals surface area contributed by atoms with Crippen LogP contribution in [0.15, 0.2) is 18.2 Å². The fourth-order valence-electron chi connectivity index (χ4n) is 1.82. The van der Waals surface area contributed by atoms with Crippen molar-refractivity contribution in [3.8, 4) is 11.5 Å². The molecule has 114 valence electrons. The van der Waals surface area contributed by atoms with E-state index in [-0.39, 0.29) is 6.10 Å². The Bertz CT molecular complexity index is 395. The molecule has 5 heteroatoms. The third kappa shape index (κ3) is 5.36. The Balaban J connectivity index is 2.51. The average molecular weight is 283 g/mol. The SMILES string of the molecule is COc1ccc(OC)c(C(O)CNCCOC(C)C)c1. The lowest BCUT2D eigenvalue weighted by Gasteiger charge is -2.17. The molecule has 0 radical (unpaired) electrons. The van der Waals surface area contributed by atoms with Crippen LogP contribution in [0.5, 0.6) is 11.5 Å². The highest BCUT2D eigenvalue weighted by atomic mass is 16.5. The fraction of sp³-hybridized carbons (Fsp3) is 0.600. The van der Waals surface area contributed by atoms with Crippen molar-refractivity contribution in [2.75, 3.05) is 33.9 Å². The first-order valence-electron chi connectivity index (χ1n) is 6.80. The number of rotatable bonds is 9. The van der Waals surface area contributed by atoms with Gasteiger partial charge in [-0.3, -0.25) is 0 Å². The molecule has 2 N–H and O–H groups in total. The first kappa shape index (κ1) is 16.8. The van der Waals surface area contributed by atoms with Crippen molar-refractivity contribution in [2.24, 2.45) is 0 Å². The Hall–Kier alpha value is -1.30. The normalized spacial score (nSPS) is 12.5. The lowest BCUT2D eigenvalue weighted by Crippen LogP contribution is -2.26. The average Bonchev–Trinajstić information content (AvgIpc) is 2.45. The molecule has 0 heterocycles. The van der Waals surface area contributed by atoms with Gasteiger partial charge in [-0.2, -0.15) is 0 Å². The molecule has 0 aliphatic heterocycles. The quantitative estimate of drug-likeness (QED) is 0.676. The number of aliphatic hydroxyl groups is 1. The zero-order valence-electron chi connectivity index (χ0n) is 12.7. The van der Waals surface area contributed by atoms with Crippen LogP contribution in [0.4, 0.5) is 0 Å². The molecule has 0 saturated carbocycles. The summed E-state index contributed by atoms with van der Waals surface area (Å²) in [4.78, 5) is 0. The van der Waals surface area contributed by atoms with E-state index in [1.165, 1.54) is 0 Å². The summed E-state index contributed by atoms with van der Waals surface area (Å²) in [5.41, 5.74) is 0.712. The van der Waals surface area contributed by atoms with Gasteiger partial charge in [0.05, 0.1) is 33.0 Å². The number of aliphatic hydroxyl groups excluding tert-OH is 1. The van der Waals surface area contributed by atoms with Gasteiger partial charge in [-0.05, 0) is 32.0 Å². The van der Waals surface area contributed by atoms with Crippen LogP contribution in [0.2, 0.25) is 0 Å². The maximum absolute atomic E-state index is 10.2. The highest BCUT2D eigenvalue weighted by Gasteiger charge is 2.14. The third-order valence-electron chi connectivity index (χ3n) is 2.86. The van der Waals surface area contributed by atoms with Crippen LogP contribution in [0, 0.1) is 0 Å². The molecule has 0 spiro atoms. The Labute approximate surface area is 120 Å². The summed E-state index contributed by atoms with van der Waals surface area (Å²) in [7, 11) is 3.18. The van der Waals surface area contributed by atoms with Crippen molar-refractivity contribution in [1.82, 2.24) is 5.32 Å². The minimum atomic E-state index is -0.654. The molecule has 1 unspecified atom stereocenters. The van der Waals surface area contributed by atoms with Gasteiger partial charge in [0, 0.05) is 18.7 Å². The number of benzene rings is 1. The zero-order valence-corrected chi connectivity index (χ0v) is 12.7. The van der Waals surface area contributed by atoms with E-state index >= 15 is 0 Å². The van der Waals surface area contributed by atoms with Crippen LogP contribution in [-0.4, -0.2) is 45.1 Å². The minimum absolute atomic E-state index is 0.222. The maximum atomic E-state index is 10.2. The van der Waals surface area contributed by atoms with Crippen molar-refractivity contribution in [1.29, 1.82) is 0 Å². The molecule has 0 aliphatic carbocycles. The summed E-state index contributed by atoms with van der Waals surface area (Å²) in [6.45, 7) is 5.75. The molecule has 0 saturated heterocycles. The highest BCUT2D eigenvalue weighted by molar-refractivity contribution is 5.41. The van der Waals surface area contributed by atoms with E-state index in [9.17, 15) is 5.11 Å². The summed E-state index contributed by atoms with van der Waals surface area (Å²) in [6, 6.07) is 5.38. The second kappa shape index (κ2) is 8.79.